The molecule has 0 saturated heterocycles. The van der Waals surface area contributed by atoms with Gasteiger partial charge in [0, 0.05) is 24.7 Å². The summed E-state index contributed by atoms with van der Waals surface area (Å²) in [6, 6.07) is 0. The highest BCUT2D eigenvalue weighted by Crippen LogP contribution is 2.42. The predicted molar refractivity (Wildman–Crippen MR) is 86.5 cm³/mol. The number of hydrogen-bond acceptors (Lipinski definition) is 6. The average molecular weight is 379 g/mol. The van der Waals surface area contributed by atoms with Gasteiger partial charge in [-0.05, 0) is 18.6 Å². The summed E-state index contributed by atoms with van der Waals surface area (Å²) in [6.45, 7) is 0. The van der Waals surface area contributed by atoms with Crippen LogP contribution in [0.2, 0.25) is 0 Å². The quantitative estimate of drug-likeness (QED) is 0.326. The van der Waals surface area contributed by atoms with Crippen LogP contribution < -0.4 is 5.32 Å². The summed E-state index contributed by atoms with van der Waals surface area (Å²) < 4.78 is 33.6. The molecule has 0 spiro atoms. The summed E-state index contributed by atoms with van der Waals surface area (Å²) in [7, 11) is -6.17. The van der Waals surface area contributed by atoms with Gasteiger partial charge in [-0.25, -0.2) is 0 Å². The zero-order valence-electron chi connectivity index (χ0n) is 12.6. The Morgan fingerprint density at radius 3 is 2.42 bits per heavy atom. The summed E-state index contributed by atoms with van der Waals surface area (Å²) in [5.74, 6) is -3.72. The van der Waals surface area contributed by atoms with Crippen molar-refractivity contribution < 1.29 is 37.7 Å². The molecule has 0 radical (unpaired) electrons. The average Bonchev–Trinajstić information content (AvgIpc) is 2.49. The predicted octanol–water partition coefficient (Wildman–Crippen LogP) is 0.265. The monoisotopic (exact) mass is 379 g/mol. The second-order valence-corrected chi connectivity index (χ2v) is 8.60. The van der Waals surface area contributed by atoms with Gasteiger partial charge in [0.25, 0.3) is 0 Å². The third-order valence-electron chi connectivity index (χ3n) is 3.28. The Balaban J connectivity index is 2.61. The van der Waals surface area contributed by atoms with Crippen molar-refractivity contribution in [3.63, 3.8) is 0 Å². The van der Waals surface area contributed by atoms with E-state index in [1.54, 1.807) is 0 Å². The van der Waals surface area contributed by atoms with E-state index in [1.165, 1.54) is 18.2 Å². The van der Waals surface area contributed by atoms with E-state index in [0.29, 0.717) is 5.70 Å². The van der Waals surface area contributed by atoms with Crippen molar-refractivity contribution in [1.82, 2.24) is 5.32 Å². The third-order valence-corrected chi connectivity index (χ3v) is 5.67. The topological polar surface area (TPSA) is 158 Å². The maximum Gasteiger partial charge on any atom is 0.307 e. The van der Waals surface area contributed by atoms with E-state index in [1.807, 2.05) is 0 Å². The van der Waals surface area contributed by atoms with Gasteiger partial charge in [-0.2, -0.15) is 8.42 Å². The summed E-state index contributed by atoms with van der Waals surface area (Å²) in [4.78, 5) is 31.7. The Bertz CT molecular complexity index is 744. The molecule has 0 heterocycles. The molecule has 9 nitrogen and oxygen atoms in total. The Morgan fingerprint density at radius 2 is 1.96 bits per heavy atom. The first-order valence-electron chi connectivity index (χ1n) is 6.93. The highest BCUT2D eigenvalue weighted by molar-refractivity contribution is 7.73. The van der Waals surface area contributed by atoms with E-state index in [9.17, 15) is 27.5 Å². The van der Waals surface area contributed by atoms with E-state index in [2.05, 4.69) is 5.32 Å². The Labute approximate surface area is 139 Å². The fraction of sp³-hybridized carbons (Fsp3) is 0.462. The summed E-state index contributed by atoms with van der Waals surface area (Å²) in [5.41, 5.74) is 0.455. The molecule has 0 aromatic rings. The lowest BCUT2D eigenvalue weighted by Gasteiger charge is -2.18. The Hall–Kier alpha value is -1.90. The summed E-state index contributed by atoms with van der Waals surface area (Å²) >= 11 is 0. The van der Waals surface area contributed by atoms with Gasteiger partial charge in [0.15, 0.2) is 0 Å². The van der Waals surface area contributed by atoms with Crippen molar-refractivity contribution in [3.05, 3.63) is 23.9 Å². The van der Waals surface area contributed by atoms with Crippen LogP contribution in [0.5, 0.6) is 0 Å². The van der Waals surface area contributed by atoms with E-state index >= 15 is 0 Å². The molecule has 4 N–H and O–H groups in total. The first-order chi connectivity index (χ1) is 11.1. The number of hydrogen-bond donors (Lipinski definition) is 4. The highest BCUT2D eigenvalue weighted by Gasteiger charge is 2.29. The molecule has 0 aromatic carbocycles. The van der Waals surface area contributed by atoms with Crippen LogP contribution in [0.25, 0.3) is 0 Å². The highest BCUT2D eigenvalue weighted by atomic mass is 32.2. The number of aliphatic carboxylic acids is 2. The number of allylic oxidation sites excluding steroid dienone is 3. The van der Waals surface area contributed by atoms with Gasteiger partial charge in [-0.1, -0.05) is 6.08 Å². The zero-order valence-corrected chi connectivity index (χ0v) is 14.3. The van der Waals surface area contributed by atoms with E-state index in [0.717, 1.165) is 0 Å². The van der Waals surface area contributed by atoms with Gasteiger partial charge in [0.05, 0.1) is 17.1 Å². The van der Waals surface area contributed by atoms with Gasteiger partial charge in [0.1, 0.15) is 0 Å². The van der Waals surface area contributed by atoms with Crippen molar-refractivity contribution >= 4 is 34.5 Å². The minimum Gasteiger partial charge on any atom is -0.481 e. The lowest BCUT2D eigenvalue weighted by molar-refractivity contribution is -0.142. The zero-order chi connectivity index (χ0) is 18.3. The fourth-order valence-electron chi connectivity index (χ4n) is 2.00. The molecule has 0 amide bonds. The lowest BCUT2D eigenvalue weighted by Crippen LogP contribution is -2.23. The van der Waals surface area contributed by atoms with Crippen molar-refractivity contribution in [2.75, 3.05) is 12.4 Å². The Kier molecular flexibility index (Phi) is 7.40. The van der Waals surface area contributed by atoms with Crippen LogP contribution in [-0.2, 0) is 24.4 Å². The standard InChI is InChI=1S/C13H18NO8PS/c15-12(16)6-1-9(13(17)18)7-23(19,20)8-14-10-2-4-11(5-3-10)24(21)22/h2-4,9,14H,1,5-8H2,(H,15,16)(H,17,18)(H,19,20). The number of carbonyl (C=O) groups is 2. The molecule has 24 heavy (non-hydrogen) atoms. The maximum absolute atomic E-state index is 12.1. The molecule has 11 heteroatoms. The Morgan fingerprint density at radius 1 is 1.29 bits per heavy atom. The molecule has 0 aliphatic heterocycles. The number of rotatable bonds is 9. The fourth-order valence-corrected chi connectivity index (χ4v) is 3.98. The minimum absolute atomic E-state index is 0.154. The number of nitrogens with one attached hydrogen (secondary N) is 1. The molecule has 1 aliphatic carbocycles. The normalized spacial score (nSPS) is 17.5. The molecule has 2 atom stereocenters. The van der Waals surface area contributed by atoms with E-state index in [-0.39, 0.29) is 17.7 Å². The molecule has 0 bridgehead atoms. The summed E-state index contributed by atoms with van der Waals surface area (Å²) in [5, 5.41) is 20.3. The molecule has 134 valence electrons. The molecule has 2 unspecified atom stereocenters. The van der Waals surface area contributed by atoms with Gasteiger partial charge in [0.2, 0.25) is 17.7 Å². The van der Waals surface area contributed by atoms with Crippen LogP contribution in [0, 0.1) is 5.92 Å². The van der Waals surface area contributed by atoms with Crippen molar-refractivity contribution in [3.8, 4) is 0 Å². The van der Waals surface area contributed by atoms with Crippen molar-refractivity contribution in [1.29, 1.82) is 0 Å². The number of carboxylic acid groups (broad SMARTS) is 2. The smallest absolute Gasteiger partial charge is 0.307 e. The SMILES string of the molecule is O=C(O)CCC(CP(=O)(O)CNC1=CCC(=S(=O)=O)C=C1)C(=O)O. The first-order valence-corrected chi connectivity index (χ1v) is 10.0. The third kappa shape index (κ3) is 7.12. The molecule has 1 rings (SSSR count). The van der Waals surface area contributed by atoms with Crippen molar-refractivity contribution in [2.24, 2.45) is 5.92 Å². The summed E-state index contributed by atoms with van der Waals surface area (Å²) in [6.07, 6.45) is 2.92. The van der Waals surface area contributed by atoms with Crippen LogP contribution in [0.1, 0.15) is 19.3 Å². The van der Waals surface area contributed by atoms with Crippen molar-refractivity contribution in [2.45, 2.75) is 19.3 Å². The first kappa shape index (κ1) is 20.1. The van der Waals surface area contributed by atoms with Crippen LogP contribution >= 0.6 is 7.37 Å². The van der Waals surface area contributed by atoms with E-state index < -0.39 is 54.4 Å². The number of carboxylic acids is 2. The van der Waals surface area contributed by atoms with Crippen LogP contribution in [-0.4, -0.2) is 52.8 Å². The lowest BCUT2D eigenvalue weighted by atomic mass is 10.1. The minimum atomic E-state index is -3.85. The largest absolute Gasteiger partial charge is 0.481 e. The second-order valence-electron chi connectivity index (χ2n) is 5.23. The second kappa shape index (κ2) is 8.81. The van der Waals surface area contributed by atoms with Crippen LogP contribution in [0.3, 0.4) is 0 Å². The van der Waals surface area contributed by atoms with Gasteiger partial charge >= 0.3 is 11.9 Å². The molecule has 0 fully saturated rings. The van der Waals surface area contributed by atoms with Crippen LogP contribution in [0.15, 0.2) is 23.9 Å². The van der Waals surface area contributed by atoms with Crippen LogP contribution in [0.4, 0.5) is 0 Å². The molecule has 1 aliphatic rings. The molecular weight excluding hydrogens is 361 g/mol. The van der Waals surface area contributed by atoms with Gasteiger partial charge < -0.3 is 20.4 Å². The van der Waals surface area contributed by atoms with Gasteiger partial charge in [-0.3, -0.25) is 14.2 Å². The van der Waals surface area contributed by atoms with E-state index in [4.69, 9.17) is 10.2 Å². The molecular formula is C13H18NO8PS. The maximum atomic E-state index is 12.1. The van der Waals surface area contributed by atoms with Gasteiger partial charge in [-0.15, -0.1) is 0 Å². The molecule has 0 aromatic heterocycles. The molecule has 0 saturated carbocycles.